The van der Waals surface area contributed by atoms with E-state index in [1.54, 1.807) is 12.3 Å². The third-order valence-corrected chi connectivity index (χ3v) is 2.05. The smallest absolute Gasteiger partial charge is 0.238 e. The molecule has 0 aliphatic rings. The number of hydrazine groups is 1. The minimum atomic E-state index is -0.0502. The second-order valence-corrected chi connectivity index (χ2v) is 3.41. The van der Waals surface area contributed by atoms with Crippen molar-refractivity contribution in [2.45, 2.75) is 19.3 Å². The second-order valence-electron chi connectivity index (χ2n) is 3.03. The van der Waals surface area contributed by atoms with Gasteiger partial charge in [-0.15, -0.1) is 11.6 Å². The number of hydrogen-bond donors (Lipinski definition) is 2. The van der Waals surface area contributed by atoms with Gasteiger partial charge < -0.3 is 0 Å². The maximum Gasteiger partial charge on any atom is 0.238 e. The lowest BCUT2D eigenvalue weighted by Gasteiger charge is -2.06. The first-order valence-electron chi connectivity index (χ1n) is 4.85. The van der Waals surface area contributed by atoms with Gasteiger partial charge in [-0.1, -0.05) is 6.07 Å². The van der Waals surface area contributed by atoms with Crippen molar-refractivity contribution in [3.8, 4) is 0 Å². The van der Waals surface area contributed by atoms with Crippen LogP contribution in [0.5, 0.6) is 0 Å². The topological polar surface area (TPSA) is 54.0 Å². The Morgan fingerprint density at radius 1 is 1.40 bits per heavy atom. The van der Waals surface area contributed by atoms with Crippen LogP contribution in [0.3, 0.4) is 0 Å². The molecule has 0 saturated heterocycles. The minimum Gasteiger partial charge on any atom is -0.282 e. The summed E-state index contributed by atoms with van der Waals surface area (Å²) in [5.74, 6) is 1.18. The van der Waals surface area contributed by atoms with Crippen LogP contribution in [0.2, 0.25) is 0 Å². The van der Waals surface area contributed by atoms with E-state index in [4.69, 9.17) is 11.6 Å². The fraction of sp³-hybridized carbons (Fsp3) is 0.400. The molecule has 82 valence electrons. The Kier molecular flexibility index (Phi) is 5.55. The fourth-order valence-electron chi connectivity index (χ4n) is 1.01. The Morgan fingerprint density at radius 3 is 2.93 bits per heavy atom. The summed E-state index contributed by atoms with van der Waals surface area (Å²) in [6.45, 7) is 0. The van der Waals surface area contributed by atoms with Gasteiger partial charge >= 0.3 is 0 Å². The molecule has 5 heteroatoms. The number of nitrogens with zero attached hydrogens (tertiary/aromatic N) is 1. The number of rotatable bonds is 6. The summed E-state index contributed by atoms with van der Waals surface area (Å²) < 4.78 is 0. The van der Waals surface area contributed by atoms with Crippen molar-refractivity contribution >= 4 is 23.3 Å². The molecule has 0 aliphatic carbocycles. The zero-order valence-corrected chi connectivity index (χ0v) is 9.13. The van der Waals surface area contributed by atoms with Crippen LogP contribution >= 0.6 is 11.6 Å². The average Bonchev–Trinajstić information content (AvgIpc) is 2.28. The van der Waals surface area contributed by atoms with Gasteiger partial charge in [0.15, 0.2) is 0 Å². The molecular weight excluding hydrogens is 214 g/mol. The lowest BCUT2D eigenvalue weighted by molar-refractivity contribution is -0.120. The summed E-state index contributed by atoms with van der Waals surface area (Å²) >= 11 is 5.50. The van der Waals surface area contributed by atoms with E-state index in [1.807, 2.05) is 12.1 Å². The molecule has 0 unspecified atom stereocenters. The Hall–Kier alpha value is -1.29. The van der Waals surface area contributed by atoms with Gasteiger partial charge in [0.2, 0.25) is 5.91 Å². The van der Waals surface area contributed by atoms with Crippen molar-refractivity contribution in [3.63, 3.8) is 0 Å². The van der Waals surface area contributed by atoms with Crippen LogP contribution in [0.4, 0.5) is 5.82 Å². The van der Waals surface area contributed by atoms with Crippen molar-refractivity contribution in [2.24, 2.45) is 0 Å². The maximum absolute atomic E-state index is 11.2. The third kappa shape index (κ3) is 5.22. The molecule has 15 heavy (non-hydrogen) atoms. The fourth-order valence-corrected chi connectivity index (χ4v) is 1.20. The molecular formula is C10H14ClN3O. The summed E-state index contributed by atoms with van der Waals surface area (Å²) in [5, 5.41) is 0. The number of alkyl halides is 1. The summed E-state index contributed by atoms with van der Waals surface area (Å²) in [7, 11) is 0. The lowest BCUT2D eigenvalue weighted by atomic mass is 10.2. The van der Waals surface area contributed by atoms with Crippen molar-refractivity contribution in [3.05, 3.63) is 24.4 Å². The Labute approximate surface area is 94.0 Å². The predicted molar refractivity (Wildman–Crippen MR) is 60.6 cm³/mol. The summed E-state index contributed by atoms with van der Waals surface area (Å²) in [6, 6.07) is 5.43. The van der Waals surface area contributed by atoms with Gasteiger partial charge in [0.25, 0.3) is 0 Å². The van der Waals surface area contributed by atoms with Gasteiger partial charge in [0.1, 0.15) is 5.82 Å². The Bertz CT molecular complexity index is 292. The van der Waals surface area contributed by atoms with Gasteiger partial charge in [0, 0.05) is 18.5 Å². The summed E-state index contributed by atoms with van der Waals surface area (Å²) in [5.41, 5.74) is 5.29. The molecule has 1 aromatic heterocycles. The van der Waals surface area contributed by atoms with Gasteiger partial charge in [-0.3, -0.25) is 15.6 Å². The molecule has 1 rings (SSSR count). The first kappa shape index (κ1) is 11.8. The van der Waals surface area contributed by atoms with Crippen molar-refractivity contribution in [1.29, 1.82) is 0 Å². The van der Waals surface area contributed by atoms with E-state index in [0.717, 1.165) is 12.8 Å². The first-order valence-corrected chi connectivity index (χ1v) is 5.38. The number of amides is 1. The van der Waals surface area contributed by atoms with Crippen LogP contribution in [0, 0.1) is 0 Å². The van der Waals surface area contributed by atoms with Crippen molar-refractivity contribution in [1.82, 2.24) is 10.4 Å². The first-order chi connectivity index (χ1) is 7.33. The SMILES string of the molecule is O=C(CCCCCl)NNc1ccccn1. The highest BCUT2D eigenvalue weighted by Crippen LogP contribution is 1.99. The molecule has 0 fully saturated rings. The lowest BCUT2D eigenvalue weighted by Crippen LogP contribution is -2.29. The van der Waals surface area contributed by atoms with E-state index >= 15 is 0 Å². The normalized spacial score (nSPS) is 9.67. The molecule has 0 bridgehead atoms. The van der Waals surface area contributed by atoms with Gasteiger partial charge in [-0.05, 0) is 25.0 Å². The summed E-state index contributed by atoms with van der Waals surface area (Å²) in [6.07, 6.45) is 3.80. The molecule has 0 aromatic carbocycles. The molecule has 2 N–H and O–H groups in total. The highest BCUT2D eigenvalue weighted by Gasteiger charge is 1.99. The molecule has 0 radical (unpaired) electrons. The minimum absolute atomic E-state index is 0.0502. The van der Waals surface area contributed by atoms with E-state index in [1.165, 1.54) is 0 Å². The molecule has 4 nitrogen and oxygen atoms in total. The molecule has 0 atom stereocenters. The molecule has 1 aromatic rings. The number of pyridine rings is 1. The quantitative estimate of drug-likeness (QED) is 0.444. The van der Waals surface area contributed by atoms with E-state index < -0.39 is 0 Å². The van der Waals surface area contributed by atoms with Crippen molar-refractivity contribution < 1.29 is 4.79 Å². The number of halogens is 1. The van der Waals surface area contributed by atoms with Crippen molar-refractivity contribution in [2.75, 3.05) is 11.3 Å². The highest BCUT2D eigenvalue weighted by molar-refractivity contribution is 6.17. The number of hydrogen-bond acceptors (Lipinski definition) is 3. The zero-order chi connectivity index (χ0) is 10.9. The molecule has 0 aliphatic heterocycles. The van der Waals surface area contributed by atoms with Gasteiger partial charge in [-0.25, -0.2) is 4.98 Å². The van der Waals surface area contributed by atoms with E-state index in [9.17, 15) is 4.79 Å². The van der Waals surface area contributed by atoms with Crippen LogP contribution in [-0.2, 0) is 4.79 Å². The summed E-state index contributed by atoms with van der Waals surface area (Å²) in [4.78, 5) is 15.2. The maximum atomic E-state index is 11.2. The van der Waals surface area contributed by atoms with Crippen LogP contribution in [0.15, 0.2) is 24.4 Å². The van der Waals surface area contributed by atoms with E-state index in [0.29, 0.717) is 18.1 Å². The Morgan fingerprint density at radius 2 is 2.27 bits per heavy atom. The number of aromatic nitrogens is 1. The standard InChI is InChI=1S/C10H14ClN3O/c11-7-3-1-6-10(15)14-13-9-5-2-4-8-12-9/h2,4-5,8H,1,3,6-7H2,(H,12,13)(H,14,15). The second kappa shape index (κ2) is 7.06. The third-order valence-electron chi connectivity index (χ3n) is 1.78. The largest absolute Gasteiger partial charge is 0.282 e. The van der Waals surface area contributed by atoms with Crippen LogP contribution < -0.4 is 10.9 Å². The number of carbonyl (C=O) groups is 1. The number of anilines is 1. The number of unbranched alkanes of at least 4 members (excludes halogenated alkanes) is 1. The van der Waals surface area contributed by atoms with E-state index in [-0.39, 0.29) is 5.91 Å². The molecule has 0 saturated carbocycles. The highest BCUT2D eigenvalue weighted by atomic mass is 35.5. The molecule has 1 heterocycles. The average molecular weight is 228 g/mol. The Balaban J connectivity index is 2.17. The zero-order valence-electron chi connectivity index (χ0n) is 8.37. The molecule has 0 spiro atoms. The number of nitrogens with one attached hydrogen (secondary N) is 2. The predicted octanol–water partition coefficient (Wildman–Crippen LogP) is 1.93. The number of carbonyl (C=O) groups excluding carboxylic acids is 1. The van der Waals surface area contributed by atoms with Gasteiger partial charge in [-0.2, -0.15) is 0 Å². The van der Waals surface area contributed by atoms with Crippen LogP contribution in [0.1, 0.15) is 19.3 Å². The molecule has 1 amide bonds. The monoisotopic (exact) mass is 227 g/mol. The van der Waals surface area contributed by atoms with Gasteiger partial charge in [0.05, 0.1) is 0 Å². The van der Waals surface area contributed by atoms with Crippen LogP contribution in [0.25, 0.3) is 0 Å². The van der Waals surface area contributed by atoms with Crippen LogP contribution in [-0.4, -0.2) is 16.8 Å². The van der Waals surface area contributed by atoms with E-state index in [2.05, 4.69) is 15.8 Å².